The minimum Gasteiger partial charge on any atom is -0.317 e. The minimum atomic E-state index is 0.625. The molecule has 0 saturated carbocycles. The Morgan fingerprint density at radius 2 is 2.15 bits per heavy atom. The summed E-state index contributed by atoms with van der Waals surface area (Å²) in [5, 5.41) is 4.65. The number of fused-ring (bicyclic) bond motifs is 1. The van der Waals surface area contributed by atoms with Gasteiger partial charge in [0.15, 0.2) is 0 Å². The molecule has 1 saturated heterocycles. The average Bonchev–Trinajstić information content (AvgIpc) is 2.49. The molecule has 2 atom stereocenters. The van der Waals surface area contributed by atoms with E-state index in [1.165, 1.54) is 23.8 Å². The second-order valence-electron chi connectivity index (χ2n) is 5.82. The third-order valence-corrected chi connectivity index (χ3v) is 4.51. The summed E-state index contributed by atoms with van der Waals surface area (Å²) in [7, 11) is 2.07. The van der Waals surface area contributed by atoms with Gasteiger partial charge in [-0.25, -0.2) is 0 Å². The first-order valence-corrected chi connectivity index (χ1v) is 7.52. The number of piperidine rings is 1. The molecule has 2 aromatic rings. The normalized spacial score (nSPS) is 24.1. The Bertz CT molecular complexity index is 576. The molecule has 3 nitrogen and oxygen atoms in total. The highest BCUT2D eigenvalue weighted by Gasteiger charge is 2.24. The maximum absolute atomic E-state index is 4.56. The molecule has 1 aliphatic rings. The van der Waals surface area contributed by atoms with Crippen LogP contribution in [0.4, 0.5) is 0 Å². The molecule has 1 N–H and O–H groups in total. The highest BCUT2D eigenvalue weighted by Crippen LogP contribution is 2.23. The van der Waals surface area contributed by atoms with E-state index in [2.05, 4.69) is 53.4 Å². The average molecular weight is 269 g/mol. The molecule has 3 heteroatoms. The lowest BCUT2D eigenvalue weighted by Crippen LogP contribution is -2.46. The van der Waals surface area contributed by atoms with Crippen LogP contribution < -0.4 is 5.32 Å². The number of para-hydroxylation sites is 1. The Kier molecular flexibility index (Phi) is 3.99. The molecule has 2 heterocycles. The summed E-state index contributed by atoms with van der Waals surface area (Å²) in [6, 6.07) is 11.9. The van der Waals surface area contributed by atoms with Gasteiger partial charge in [0.2, 0.25) is 0 Å². The highest BCUT2D eigenvalue weighted by molar-refractivity contribution is 5.81. The van der Waals surface area contributed by atoms with Gasteiger partial charge in [-0.3, -0.25) is 9.88 Å². The SMILES string of the molecule is CNC1CCN(Cc2cccc3cccnc23)C(C)C1. The number of pyridine rings is 1. The molecule has 0 amide bonds. The van der Waals surface area contributed by atoms with Crippen LogP contribution in [-0.4, -0.2) is 35.6 Å². The summed E-state index contributed by atoms with van der Waals surface area (Å²) < 4.78 is 0. The molecule has 20 heavy (non-hydrogen) atoms. The molecule has 1 aromatic carbocycles. The first-order valence-electron chi connectivity index (χ1n) is 7.52. The zero-order valence-corrected chi connectivity index (χ0v) is 12.3. The summed E-state index contributed by atoms with van der Waals surface area (Å²) in [6.45, 7) is 4.50. The number of hydrogen-bond donors (Lipinski definition) is 1. The van der Waals surface area contributed by atoms with Crippen LogP contribution in [0.25, 0.3) is 10.9 Å². The number of nitrogens with zero attached hydrogens (tertiary/aromatic N) is 2. The second kappa shape index (κ2) is 5.90. The van der Waals surface area contributed by atoms with Gasteiger partial charge in [-0.15, -0.1) is 0 Å². The monoisotopic (exact) mass is 269 g/mol. The van der Waals surface area contributed by atoms with Gasteiger partial charge < -0.3 is 5.32 Å². The third kappa shape index (κ3) is 2.69. The highest BCUT2D eigenvalue weighted by atomic mass is 15.2. The Labute approximate surface area is 121 Å². The quantitative estimate of drug-likeness (QED) is 0.928. The maximum atomic E-state index is 4.56. The van der Waals surface area contributed by atoms with Gasteiger partial charge in [0.1, 0.15) is 0 Å². The molecule has 0 bridgehead atoms. The summed E-state index contributed by atoms with van der Waals surface area (Å²) in [6.07, 6.45) is 4.36. The summed E-state index contributed by atoms with van der Waals surface area (Å²) in [4.78, 5) is 7.14. The van der Waals surface area contributed by atoms with Gasteiger partial charge >= 0.3 is 0 Å². The molecule has 0 aliphatic carbocycles. The Hall–Kier alpha value is -1.45. The minimum absolute atomic E-state index is 0.625. The van der Waals surface area contributed by atoms with Crippen molar-refractivity contribution in [3.05, 3.63) is 42.1 Å². The Morgan fingerprint density at radius 3 is 2.95 bits per heavy atom. The van der Waals surface area contributed by atoms with Gasteiger partial charge in [0.05, 0.1) is 5.52 Å². The Balaban J connectivity index is 1.80. The van der Waals surface area contributed by atoms with Crippen molar-refractivity contribution in [3.63, 3.8) is 0 Å². The van der Waals surface area contributed by atoms with Crippen LogP contribution in [0.3, 0.4) is 0 Å². The van der Waals surface area contributed by atoms with Crippen molar-refractivity contribution in [2.24, 2.45) is 0 Å². The molecular weight excluding hydrogens is 246 g/mol. The van der Waals surface area contributed by atoms with E-state index in [9.17, 15) is 0 Å². The van der Waals surface area contributed by atoms with Crippen molar-refractivity contribution in [1.29, 1.82) is 0 Å². The molecule has 1 fully saturated rings. The van der Waals surface area contributed by atoms with Crippen molar-refractivity contribution in [2.75, 3.05) is 13.6 Å². The lowest BCUT2D eigenvalue weighted by Gasteiger charge is -2.37. The van der Waals surface area contributed by atoms with E-state index in [1.807, 2.05) is 12.3 Å². The predicted octanol–water partition coefficient (Wildman–Crippen LogP) is 2.81. The number of likely N-dealkylation sites (tertiary alicyclic amines) is 1. The van der Waals surface area contributed by atoms with Crippen LogP contribution in [0, 0.1) is 0 Å². The Morgan fingerprint density at radius 1 is 1.30 bits per heavy atom. The van der Waals surface area contributed by atoms with Crippen LogP contribution in [0.2, 0.25) is 0 Å². The number of aromatic nitrogens is 1. The number of hydrogen-bond acceptors (Lipinski definition) is 3. The van der Waals surface area contributed by atoms with Crippen LogP contribution in [0.15, 0.2) is 36.5 Å². The molecule has 1 aliphatic heterocycles. The third-order valence-electron chi connectivity index (χ3n) is 4.51. The topological polar surface area (TPSA) is 28.2 Å². The van der Waals surface area contributed by atoms with Crippen LogP contribution >= 0.6 is 0 Å². The fourth-order valence-corrected chi connectivity index (χ4v) is 3.23. The molecular formula is C17H23N3. The predicted molar refractivity (Wildman–Crippen MR) is 83.7 cm³/mol. The van der Waals surface area contributed by atoms with Crippen molar-refractivity contribution in [1.82, 2.24) is 15.2 Å². The largest absolute Gasteiger partial charge is 0.317 e. The van der Waals surface area contributed by atoms with Crippen molar-refractivity contribution >= 4 is 10.9 Å². The zero-order valence-electron chi connectivity index (χ0n) is 12.3. The maximum Gasteiger partial charge on any atom is 0.0746 e. The van der Waals surface area contributed by atoms with Gasteiger partial charge in [0, 0.05) is 36.8 Å². The molecule has 0 radical (unpaired) electrons. The molecule has 2 unspecified atom stereocenters. The fraction of sp³-hybridized carbons (Fsp3) is 0.471. The van der Waals surface area contributed by atoms with Gasteiger partial charge in [0.25, 0.3) is 0 Å². The molecule has 1 aromatic heterocycles. The van der Waals surface area contributed by atoms with Crippen LogP contribution in [0.1, 0.15) is 25.3 Å². The van der Waals surface area contributed by atoms with E-state index < -0.39 is 0 Å². The zero-order chi connectivity index (χ0) is 13.9. The lowest BCUT2D eigenvalue weighted by atomic mass is 9.97. The van der Waals surface area contributed by atoms with Crippen LogP contribution in [0.5, 0.6) is 0 Å². The van der Waals surface area contributed by atoms with E-state index in [0.717, 1.165) is 18.6 Å². The summed E-state index contributed by atoms with van der Waals surface area (Å²) in [5.41, 5.74) is 2.50. The van der Waals surface area contributed by atoms with E-state index in [1.54, 1.807) is 0 Å². The van der Waals surface area contributed by atoms with Crippen molar-refractivity contribution < 1.29 is 0 Å². The van der Waals surface area contributed by atoms with Gasteiger partial charge in [-0.05, 0) is 38.4 Å². The standard InChI is InChI=1S/C17H23N3/c1-13-11-16(18-2)8-10-20(13)12-15-6-3-5-14-7-4-9-19-17(14)15/h3-7,9,13,16,18H,8,10-12H2,1-2H3. The van der Waals surface area contributed by atoms with Gasteiger partial charge in [-0.2, -0.15) is 0 Å². The number of benzene rings is 1. The smallest absolute Gasteiger partial charge is 0.0746 e. The fourth-order valence-electron chi connectivity index (χ4n) is 3.23. The van der Waals surface area contributed by atoms with Gasteiger partial charge in [-0.1, -0.05) is 24.3 Å². The lowest BCUT2D eigenvalue weighted by molar-refractivity contribution is 0.132. The van der Waals surface area contributed by atoms with Crippen molar-refractivity contribution in [2.45, 2.75) is 38.4 Å². The van der Waals surface area contributed by atoms with E-state index in [-0.39, 0.29) is 0 Å². The summed E-state index contributed by atoms with van der Waals surface area (Å²) >= 11 is 0. The van der Waals surface area contributed by atoms with E-state index in [0.29, 0.717) is 12.1 Å². The molecule has 106 valence electrons. The first kappa shape index (κ1) is 13.5. The number of nitrogens with one attached hydrogen (secondary N) is 1. The van der Waals surface area contributed by atoms with Crippen molar-refractivity contribution in [3.8, 4) is 0 Å². The first-order chi connectivity index (χ1) is 9.78. The molecule has 3 rings (SSSR count). The number of rotatable bonds is 3. The van der Waals surface area contributed by atoms with E-state index >= 15 is 0 Å². The van der Waals surface area contributed by atoms with Crippen LogP contribution in [-0.2, 0) is 6.54 Å². The molecule has 0 spiro atoms. The summed E-state index contributed by atoms with van der Waals surface area (Å²) in [5.74, 6) is 0. The van der Waals surface area contributed by atoms with E-state index in [4.69, 9.17) is 0 Å². The second-order valence-corrected chi connectivity index (χ2v) is 5.82.